The molecule has 0 bridgehead atoms. The Balaban J connectivity index is 0.00000380. The zero-order chi connectivity index (χ0) is 25.4. The van der Waals surface area contributed by atoms with E-state index in [2.05, 4.69) is 34.0 Å². The van der Waals surface area contributed by atoms with E-state index in [1.807, 2.05) is 42.5 Å². The summed E-state index contributed by atoms with van der Waals surface area (Å²) in [7, 11) is -3.69. The van der Waals surface area contributed by atoms with Gasteiger partial charge in [0.05, 0.1) is 4.90 Å². The van der Waals surface area contributed by atoms with Crippen molar-refractivity contribution in [3.8, 4) is 11.1 Å². The van der Waals surface area contributed by atoms with Gasteiger partial charge < -0.3 is 5.11 Å². The van der Waals surface area contributed by atoms with E-state index in [0.29, 0.717) is 6.42 Å². The van der Waals surface area contributed by atoms with Crippen LogP contribution in [-0.2, 0) is 14.8 Å². The number of rotatable bonds is 12. The van der Waals surface area contributed by atoms with Gasteiger partial charge in [-0.3, -0.25) is 9.78 Å². The first-order valence-corrected chi connectivity index (χ1v) is 13.6. The van der Waals surface area contributed by atoms with Crippen LogP contribution in [-0.4, -0.2) is 31.0 Å². The van der Waals surface area contributed by atoms with Crippen molar-refractivity contribution in [3.63, 3.8) is 0 Å². The average Bonchev–Trinajstić information content (AvgIpc) is 2.90. The number of pyridine rings is 1. The molecule has 194 valence electrons. The number of aliphatic carboxylic acids is 1. The first-order chi connectivity index (χ1) is 17.4. The van der Waals surface area contributed by atoms with Crippen molar-refractivity contribution in [1.82, 2.24) is 9.71 Å². The molecule has 1 aromatic heterocycles. The van der Waals surface area contributed by atoms with Gasteiger partial charge in [-0.2, -0.15) is 0 Å². The number of benzene rings is 3. The molecule has 1 heterocycles. The van der Waals surface area contributed by atoms with Gasteiger partial charge in [0, 0.05) is 25.4 Å². The van der Waals surface area contributed by atoms with Crippen LogP contribution in [0.5, 0.6) is 0 Å². The molecule has 0 amide bonds. The number of hydrogen-bond donors (Lipinski definition) is 2. The van der Waals surface area contributed by atoms with Gasteiger partial charge in [0.2, 0.25) is 10.0 Å². The SMILES string of the molecule is Cl.O=C(O)CCCCCC(CNS(=O)(=O)c1ccc(-c2ccc3ccccc3c2)cc1)c1cccnc1. The van der Waals surface area contributed by atoms with Crippen molar-refractivity contribution in [2.45, 2.75) is 42.9 Å². The third kappa shape index (κ3) is 7.86. The third-order valence-corrected chi connectivity index (χ3v) is 7.81. The predicted molar refractivity (Wildman–Crippen MR) is 150 cm³/mol. The molecule has 8 heteroatoms. The van der Waals surface area contributed by atoms with Crippen molar-refractivity contribution in [3.05, 3.63) is 96.8 Å². The summed E-state index contributed by atoms with van der Waals surface area (Å²) in [5.41, 5.74) is 2.95. The highest BCUT2D eigenvalue weighted by atomic mass is 35.5. The lowest BCUT2D eigenvalue weighted by atomic mass is 9.94. The standard InChI is InChI=1S/C29H30N2O4S.ClH/c32-29(33)11-3-1-2-9-27(26-10-6-18-30-20-26)21-31-36(34,35)28-16-14-23(15-17-28)25-13-12-22-7-4-5-8-24(22)19-25;/h4-8,10,12-20,27,31H,1-3,9,11,21H2,(H,32,33);1H. The van der Waals surface area contributed by atoms with Crippen LogP contribution in [0, 0.1) is 0 Å². The second-order valence-corrected chi connectivity index (χ2v) is 10.7. The normalized spacial score (nSPS) is 12.1. The zero-order valence-electron chi connectivity index (χ0n) is 20.4. The Morgan fingerprint density at radius 2 is 1.59 bits per heavy atom. The van der Waals surface area contributed by atoms with Gasteiger partial charge >= 0.3 is 5.97 Å². The van der Waals surface area contributed by atoms with Crippen LogP contribution in [0.25, 0.3) is 21.9 Å². The number of unbranched alkanes of at least 4 members (excludes halogenated alkanes) is 2. The van der Waals surface area contributed by atoms with Gasteiger partial charge in [-0.15, -0.1) is 12.4 Å². The molecular weight excluding hydrogens is 508 g/mol. The third-order valence-electron chi connectivity index (χ3n) is 6.37. The number of nitrogens with one attached hydrogen (secondary N) is 1. The summed E-state index contributed by atoms with van der Waals surface area (Å²) in [4.78, 5) is 15.1. The molecular formula is C29H31ClN2O4S. The number of aromatic nitrogens is 1. The Morgan fingerprint density at radius 3 is 2.30 bits per heavy atom. The summed E-state index contributed by atoms with van der Waals surface area (Å²) in [6, 6.07) is 25.1. The van der Waals surface area contributed by atoms with E-state index in [1.165, 1.54) is 0 Å². The van der Waals surface area contributed by atoms with E-state index < -0.39 is 16.0 Å². The van der Waals surface area contributed by atoms with E-state index in [9.17, 15) is 13.2 Å². The number of fused-ring (bicyclic) bond motifs is 1. The molecule has 0 aliphatic carbocycles. The maximum absolute atomic E-state index is 13.0. The summed E-state index contributed by atoms with van der Waals surface area (Å²) in [5, 5.41) is 11.1. The summed E-state index contributed by atoms with van der Waals surface area (Å²) >= 11 is 0. The second-order valence-electron chi connectivity index (χ2n) is 8.91. The highest BCUT2D eigenvalue weighted by Gasteiger charge is 2.19. The van der Waals surface area contributed by atoms with Crippen molar-refractivity contribution in [1.29, 1.82) is 0 Å². The van der Waals surface area contributed by atoms with Crippen LogP contribution in [0.3, 0.4) is 0 Å². The molecule has 0 radical (unpaired) electrons. The lowest BCUT2D eigenvalue weighted by Crippen LogP contribution is -2.28. The van der Waals surface area contributed by atoms with E-state index in [0.717, 1.165) is 46.7 Å². The van der Waals surface area contributed by atoms with Gasteiger partial charge in [0.1, 0.15) is 0 Å². The fraction of sp³-hybridized carbons (Fsp3) is 0.241. The van der Waals surface area contributed by atoms with Gasteiger partial charge in [0.15, 0.2) is 0 Å². The summed E-state index contributed by atoms with van der Waals surface area (Å²) in [6.07, 6.45) is 6.56. The Hall–Kier alpha value is -3.26. The topological polar surface area (TPSA) is 96.4 Å². The molecule has 4 rings (SSSR count). The number of carbonyl (C=O) groups is 1. The molecule has 3 aromatic carbocycles. The van der Waals surface area contributed by atoms with E-state index in [-0.39, 0.29) is 36.2 Å². The van der Waals surface area contributed by atoms with Crippen molar-refractivity contribution in [2.75, 3.05) is 6.54 Å². The van der Waals surface area contributed by atoms with Gasteiger partial charge in [-0.25, -0.2) is 13.1 Å². The fourth-order valence-electron chi connectivity index (χ4n) is 4.34. The smallest absolute Gasteiger partial charge is 0.303 e. The maximum Gasteiger partial charge on any atom is 0.303 e. The molecule has 2 N–H and O–H groups in total. The lowest BCUT2D eigenvalue weighted by molar-refractivity contribution is -0.137. The van der Waals surface area contributed by atoms with Crippen molar-refractivity contribution < 1.29 is 18.3 Å². The van der Waals surface area contributed by atoms with E-state index in [4.69, 9.17) is 5.11 Å². The number of sulfonamides is 1. The van der Waals surface area contributed by atoms with Crippen molar-refractivity contribution in [2.24, 2.45) is 0 Å². The zero-order valence-corrected chi connectivity index (χ0v) is 22.0. The van der Waals surface area contributed by atoms with Crippen LogP contribution in [0.15, 0.2) is 96.2 Å². The van der Waals surface area contributed by atoms with E-state index >= 15 is 0 Å². The van der Waals surface area contributed by atoms with Gasteiger partial charge in [0.25, 0.3) is 0 Å². The first kappa shape index (κ1) is 28.3. The monoisotopic (exact) mass is 538 g/mol. The summed E-state index contributed by atoms with van der Waals surface area (Å²) < 4.78 is 28.9. The summed E-state index contributed by atoms with van der Waals surface area (Å²) in [5.74, 6) is -0.839. The molecule has 0 saturated heterocycles. The average molecular weight is 539 g/mol. The van der Waals surface area contributed by atoms with Crippen LogP contribution >= 0.6 is 12.4 Å². The molecule has 0 aliphatic rings. The molecule has 1 unspecified atom stereocenters. The predicted octanol–water partition coefficient (Wildman–Crippen LogP) is 6.42. The molecule has 4 aromatic rings. The highest BCUT2D eigenvalue weighted by Crippen LogP contribution is 2.26. The Labute approximate surface area is 224 Å². The number of carboxylic acids is 1. The van der Waals surface area contributed by atoms with Crippen LogP contribution < -0.4 is 4.72 Å². The lowest BCUT2D eigenvalue weighted by Gasteiger charge is -2.18. The molecule has 6 nitrogen and oxygen atoms in total. The molecule has 0 spiro atoms. The Bertz CT molecular complexity index is 1410. The fourth-order valence-corrected chi connectivity index (χ4v) is 5.42. The Morgan fingerprint density at radius 1 is 0.865 bits per heavy atom. The largest absolute Gasteiger partial charge is 0.481 e. The number of halogens is 1. The highest BCUT2D eigenvalue weighted by molar-refractivity contribution is 7.89. The molecule has 0 aliphatic heterocycles. The molecule has 37 heavy (non-hydrogen) atoms. The van der Waals surface area contributed by atoms with Crippen molar-refractivity contribution >= 4 is 39.2 Å². The first-order valence-electron chi connectivity index (χ1n) is 12.1. The van der Waals surface area contributed by atoms with E-state index in [1.54, 1.807) is 24.5 Å². The van der Waals surface area contributed by atoms with Gasteiger partial charge in [-0.1, -0.05) is 67.4 Å². The molecule has 0 saturated carbocycles. The minimum atomic E-state index is -3.69. The summed E-state index contributed by atoms with van der Waals surface area (Å²) in [6.45, 7) is 0.249. The van der Waals surface area contributed by atoms with Crippen LogP contribution in [0.2, 0.25) is 0 Å². The molecule has 1 atom stereocenters. The number of nitrogens with zero attached hydrogens (tertiary/aromatic N) is 1. The minimum Gasteiger partial charge on any atom is -0.481 e. The van der Waals surface area contributed by atoms with Crippen LogP contribution in [0.4, 0.5) is 0 Å². The molecule has 0 fully saturated rings. The van der Waals surface area contributed by atoms with Crippen LogP contribution in [0.1, 0.15) is 43.6 Å². The number of hydrogen-bond acceptors (Lipinski definition) is 4. The van der Waals surface area contributed by atoms with Gasteiger partial charge in [-0.05, 0) is 70.5 Å². The maximum atomic E-state index is 13.0. The Kier molecular flexibility index (Phi) is 10.2. The second kappa shape index (κ2) is 13.3. The minimum absolute atomic E-state index is 0. The number of carboxylic acid groups (broad SMARTS) is 1. The quantitative estimate of drug-likeness (QED) is 0.203.